The Kier molecular flexibility index (Phi) is 4.09. The van der Waals surface area contributed by atoms with Gasteiger partial charge in [-0.05, 0) is 39.8 Å². The van der Waals surface area contributed by atoms with Gasteiger partial charge in [-0.1, -0.05) is 29.0 Å². The highest BCUT2D eigenvalue weighted by molar-refractivity contribution is 7.80. The van der Waals surface area contributed by atoms with Crippen molar-refractivity contribution >= 4 is 22.9 Å². The minimum absolute atomic E-state index is 0.0667. The van der Waals surface area contributed by atoms with Gasteiger partial charge in [0.15, 0.2) is 0 Å². The zero-order chi connectivity index (χ0) is 14.9. The summed E-state index contributed by atoms with van der Waals surface area (Å²) in [7, 11) is 0. The summed E-state index contributed by atoms with van der Waals surface area (Å²) in [5, 5.41) is 7.42. The topological polar surface area (TPSA) is 64.1 Å². The molecule has 0 saturated heterocycles. The van der Waals surface area contributed by atoms with Gasteiger partial charge in [-0.2, -0.15) is 0 Å². The smallest absolute Gasteiger partial charge is 0.139 e. The van der Waals surface area contributed by atoms with Crippen LogP contribution in [0.25, 0.3) is 0 Å². The van der Waals surface area contributed by atoms with Crippen molar-refractivity contribution in [2.45, 2.75) is 33.7 Å². The Hall–Kier alpha value is -1.88. The molecule has 0 bridgehead atoms. The van der Waals surface area contributed by atoms with Crippen LogP contribution in [0.3, 0.4) is 0 Å². The average molecular weight is 289 g/mol. The van der Waals surface area contributed by atoms with E-state index >= 15 is 0 Å². The SMILES string of the molecule is Cc1ccc(NC(C)c2c(C)noc2C)c(C(N)=S)c1. The Morgan fingerprint density at radius 3 is 2.60 bits per heavy atom. The lowest BCUT2D eigenvalue weighted by molar-refractivity contribution is 0.392. The lowest BCUT2D eigenvalue weighted by Crippen LogP contribution is -2.16. The number of nitrogens with one attached hydrogen (secondary N) is 1. The van der Waals surface area contributed by atoms with Gasteiger partial charge < -0.3 is 15.6 Å². The number of nitrogens with two attached hydrogens (primary N) is 1. The van der Waals surface area contributed by atoms with Crippen LogP contribution in [0.4, 0.5) is 5.69 Å². The van der Waals surface area contributed by atoms with E-state index in [4.69, 9.17) is 22.5 Å². The van der Waals surface area contributed by atoms with Crippen LogP contribution < -0.4 is 11.1 Å². The summed E-state index contributed by atoms with van der Waals surface area (Å²) in [4.78, 5) is 0.391. The normalized spacial score (nSPS) is 12.2. The van der Waals surface area contributed by atoms with E-state index in [2.05, 4.69) is 17.4 Å². The number of nitrogens with zero attached hydrogens (tertiary/aromatic N) is 1. The summed E-state index contributed by atoms with van der Waals surface area (Å²) < 4.78 is 5.21. The van der Waals surface area contributed by atoms with Crippen molar-refractivity contribution in [2.24, 2.45) is 5.73 Å². The number of aryl methyl sites for hydroxylation is 3. The number of hydrogen-bond donors (Lipinski definition) is 2. The zero-order valence-electron chi connectivity index (χ0n) is 12.2. The van der Waals surface area contributed by atoms with Gasteiger partial charge >= 0.3 is 0 Å². The molecule has 1 heterocycles. The second-order valence-electron chi connectivity index (χ2n) is 5.02. The van der Waals surface area contributed by atoms with Gasteiger partial charge in [0, 0.05) is 16.8 Å². The lowest BCUT2D eigenvalue weighted by Gasteiger charge is -2.18. The maximum absolute atomic E-state index is 5.80. The van der Waals surface area contributed by atoms with Crippen molar-refractivity contribution in [3.05, 3.63) is 46.3 Å². The molecule has 0 saturated carbocycles. The molecule has 1 aromatic carbocycles. The molecular formula is C15H19N3OS. The molecule has 0 spiro atoms. The first kappa shape index (κ1) is 14.5. The number of benzene rings is 1. The van der Waals surface area contributed by atoms with Crippen LogP contribution in [0.2, 0.25) is 0 Å². The van der Waals surface area contributed by atoms with Crippen LogP contribution in [0, 0.1) is 20.8 Å². The van der Waals surface area contributed by atoms with E-state index in [1.165, 1.54) is 0 Å². The van der Waals surface area contributed by atoms with Crippen molar-refractivity contribution < 1.29 is 4.52 Å². The molecular weight excluding hydrogens is 270 g/mol. The third kappa shape index (κ3) is 2.82. The van der Waals surface area contributed by atoms with Crippen molar-refractivity contribution in [1.82, 2.24) is 5.16 Å². The summed E-state index contributed by atoms with van der Waals surface area (Å²) in [5.74, 6) is 0.825. The first-order valence-corrected chi connectivity index (χ1v) is 6.90. The standard InChI is InChI=1S/C15H19N3OS/c1-8-5-6-13(12(7-8)15(16)20)17-9(2)14-10(3)18-19-11(14)4/h5-7,9,17H,1-4H3,(H2,16,20). The van der Waals surface area contributed by atoms with E-state index in [1.54, 1.807) is 0 Å². The lowest BCUT2D eigenvalue weighted by atomic mass is 10.0. The van der Waals surface area contributed by atoms with Crippen LogP contribution in [-0.4, -0.2) is 10.1 Å². The molecule has 4 nitrogen and oxygen atoms in total. The Morgan fingerprint density at radius 2 is 2.05 bits per heavy atom. The maximum Gasteiger partial charge on any atom is 0.139 e. The molecule has 0 radical (unpaired) electrons. The van der Waals surface area contributed by atoms with Gasteiger partial charge in [0.05, 0.1) is 11.7 Å². The average Bonchev–Trinajstić information content (AvgIpc) is 2.71. The molecule has 0 aliphatic carbocycles. The fraction of sp³-hybridized carbons (Fsp3) is 0.333. The van der Waals surface area contributed by atoms with Gasteiger partial charge in [-0.3, -0.25) is 0 Å². The van der Waals surface area contributed by atoms with E-state index in [-0.39, 0.29) is 6.04 Å². The van der Waals surface area contributed by atoms with Crippen LogP contribution in [-0.2, 0) is 0 Å². The summed E-state index contributed by atoms with van der Waals surface area (Å²) in [6, 6.07) is 6.09. The molecule has 2 rings (SSSR count). The van der Waals surface area contributed by atoms with Crippen molar-refractivity contribution in [2.75, 3.05) is 5.32 Å². The predicted molar refractivity (Wildman–Crippen MR) is 85.1 cm³/mol. The Morgan fingerprint density at radius 1 is 1.35 bits per heavy atom. The third-order valence-electron chi connectivity index (χ3n) is 3.33. The van der Waals surface area contributed by atoms with E-state index in [0.29, 0.717) is 4.99 Å². The second-order valence-corrected chi connectivity index (χ2v) is 5.46. The molecule has 106 valence electrons. The fourth-order valence-electron chi connectivity index (χ4n) is 2.40. The molecule has 5 heteroatoms. The van der Waals surface area contributed by atoms with Crippen LogP contribution in [0.5, 0.6) is 0 Å². The van der Waals surface area contributed by atoms with E-state index < -0.39 is 0 Å². The molecule has 1 aromatic heterocycles. The summed E-state index contributed by atoms with van der Waals surface area (Å²) in [5.41, 5.74) is 10.7. The van der Waals surface area contributed by atoms with Gasteiger partial charge in [0.2, 0.25) is 0 Å². The van der Waals surface area contributed by atoms with Crippen LogP contribution >= 0.6 is 12.2 Å². The van der Waals surface area contributed by atoms with E-state index in [1.807, 2.05) is 39.0 Å². The van der Waals surface area contributed by atoms with Crippen LogP contribution in [0.1, 0.15) is 41.1 Å². The quantitative estimate of drug-likeness (QED) is 0.844. The predicted octanol–water partition coefficient (Wildman–Crippen LogP) is 3.41. The Labute approximate surface area is 124 Å². The minimum atomic E-state index is 0.0667. The van der Waals surface area contributed by atoms with E-state index in [9.17, 15) is 0 Å². The van der Waals surface area contributed by atoms with E-state index in [0.717, 1.165) is 33.8 Å². The van der Waals surface area contributed by atoms with Crippen molar-refractivity contribution in [3.63, 3.8) is 0 Å². The number of aromatic nitrogens is 1. The number of rotatable bonds is 4. The van der Waals surface area contributed by atoms with Crippen molar-refractivity contribution in [1.29, 1.82) is 0 Å². The second kappa shape index (κ2) is 5.63. The first-order valence-electron chi connectivity index (χ1n) is 6.50. The Balaban J connectivity index is 2.33. The first-order chi connectivity index (χ1) is 9.40. The minimum Gasteiger partial charge on any atom is -0.389 e. The van der Waals surface area contributed by atoms with Crippen LogP contribution in [0.15, 0.2) is 22.7 Å². The van der Waals surface area contributed by atoms with Crippen molar-refractivity contribution in [3.8, 4) is 0 Å². The number of hydrogen-bond acceptors (Lipinski definition) is 4. The zero-order valence-corrected chi connectivity index (χ0v) is 13.0. The summed E-state index contributed by atoms with van der Waals surface area (Å²) in [6.45, 7) is 7.93. The highest BCUT2D eigenvalue weighted by atomic mass is 32.1. The fourth-order valence-corrected chi connectivity index (χ4v) is 2.57. The van der Waals surface area contributed by atoms with Gasteiger partial charge in [0.25, 0.3) is 0 Å². The molecule has 0 amide bonds. The highest BCUT2D eigenvalue weighted by Crippen LogP contribution is 2.27. The molecule has 1 atom stereocenters. The van der Waals surface area contributed by atoms with Gasteiger partial charge in [-0.15, -0.1) is 0 Å². The summed E-state index contributed by atoms with van der Waals surface area (Å²) in [6.07, 6.45) is 0. The molecule has 0 fully saturated rings. The van der Waals surface area contributed by atoms with Gasteiger partial charge in [-0.25, -0.2) is 0 Å². The number of thiocarbonyl (C=S) groups is 1. The number of anilines is 1. The molecule has 3 N–H and O–H groups in total. The molecule has 0 aliphatic rings. The summed E-state index contributed by atoms with van der Waals surface area (Å²) >= 11 is 5.12. The monoisotopic (exact) mass is 289 g/mol. The molecule has 1 unspecified atom stereocenters. The van der Waals surface area contributed by atoms with Gasteiger partial charge in [0.1, 0.15) is 10.7 Å². The third-order valence-corrected chi connectivity index (χ3v) is 3.55. The highest BCUT2D eigenvalue weighted by Gasteiger charge is 2.17. The molecule has 0 aliphatic heterocycles. The largest absolute Gasteiger partial charge is 0.389 e. The molecule has 20 heavy (non-hydrogen) atoms. The Bertz CT molecular complexity index is 629. The molecule has 2 aromatic rings. The maximum atomic E-state index is 5.80.